The van der Waals surface area contributed by atoms with Crippen LogP contribution in [0.15, 0.2) is 40.3 Å². The molecule has 0 bridgehead atoms. The van der Waals surface area contributed by atoms with E-state index in [4.69, 9.17) is 4.74 Å². The lowest BCUT2D eigenvalue weighted by Crippen LogP contribution is -2.18. The number of hydrazone groups is 1. The van der Waals surface area contributed by atoms with Crippen molar-refractivity contribution in [3.05, 3.63) is 56.7 Å². The minimum atomic E-state index is -3.87. The molecule has 146 valence electrons. The Bertz CT molecular complexity index is 933. The summed E-state index contributed by atoms with van der Waals surface area (Å²) in [6.45, 7) is 3.99. The van der Waals surface area contributed by atoms with Crippen molar-refractivity contribution >= 4 is 38.8 Å². The topological polar surface area (TPSA) is 67.8 Å². The number of sulfonamides is 1. The monoisotopic (exact) mass is 508 g/mol. The van der Waals surface area contributed by atoms with Gasteiger partial charge >= 0.3 is 0 Å². The van der Waals surface area contributed by atoms with Crippen LogP contribution in [0.2, 0.25) is 0 Å². The van der Waals surface area contributed by atoms with Crippen molar-refractivity contribution in [1.82, 2.24) is 4.83 Å². The van der Waals surface area contributed by atoms with E-state index in [1.54, 1.807) is 34.7 Å². The summed E-state index contributed by atoms with van der Waals surface area (Å²) in [5, 5.41) is 3.62. The number of hydrogen-bond donors (Lipinski definition) is 1. The van der Waals surface area contributed by atoms with Gasteiger partial charge in [0.05, 0.1) is 21.3 Å². The van der Waals surface area contributed by atoms with Gasteiger partial charge in [-0.05, 0) is 54.1 Å². The molecule has 0 radical (unpaired) electrons. The van der Waals surface area contributed by atoms with E-state index in [0.29, 0.717) is 6.42 Å². The average Bonchev–Trinajstić information content (AvgIpc) is 2.62. The molecule has 0 unspecified atom stereocenters. The number of benzene rings is 2. The van der Waals surface area contributed by atoms with Crippen LogP contribution in [-0.2, 0) is 10.0 Å². The molecule has 0 amide bonds. The van der Waals surface area contributed by atoms with E-state index in [1.807, 2.05) is 18.7 Å². The molecular formula is C18H19F2IN2O3S. The molecule has 0 aliphatic carbocycles. The first-order valence-corrected chi connectivity index (χ1v) is 10.7. The largest absolute Gasteiger partial charge is 0.488 e. The Labute approximate surface area is 171 Å². The highest BCUT2D eigenvalue weighted by Gasteiger charge is 2.18. The van der Waals surface area contributed by atoms with Gasteiger partial charge in [0, 0.05) is 5.56 Å². The summed E-state index contributed by atoms with van der Waals surface area (Å²) in [5.74, 6) is -2.15. The van der Waals surface area contributed by atoms with Crippen molar-refractivity contribution in [2.24, 2.45) is 5.10 Å². The molecule has 0 saturated carbocycles. The van der Waals surface area contributed by atoms with Crippen LogP contribution in [-0.4, -0.2) is 21.2 Å². The molecule has 27 heavy (non-hydrogen) atoms. The van der Waals surface area contributed by atoms with Crippen LogP contribution in [0.5, 0.6) is 5.75 Å². The molecule has 0 spiro atoms. The fraction of sp³-hybridized carbons (Fsp3) is 0.278. The lowest BCUT2D eigenvalue weighted by atomic mass is 10.2. The van der Waals surface area contributed by atoms with Gasteiger partial charge in [-0.3, -0.25) is 0 Å². The van der Waals surface area contributed by atoms with Crippen LogP contribution in [0.25, 0.3) is 0 Å². The zero-order valence-electron chi connectivity index (χ0n) is 14.8. The maximum Gasteiger partial charge on any atom is 0.276 e. The maximum absolute atomic E-state index is 14.3. The molecule has 9 heteroatoms. The summed E-state index contributed by atoms with van der Waals surface area (Å²) >= 11 is 1.69. The second kappa shape index (κ2) is 9.45. The minimum Gasteiger partial charge on any atom is -0.488 e. The number of nitrogens with zero attached hydrogens (tertiary/aromatic N) is 1. The first kappa shape index (κ1) is 21.5. The first-order valence-electron chi connectivity index (χ1n) is 8.18. The molecule has 0 saturated heterocycles. The van der Waals surface area contributed by atoms with Crippen molar-refractivity contribution in [2.45, 2.75) is 31.6 Å². The molecule has 2 aromatic carbocycles. The summed E-state index contributed by atoms with van der Waals surface area (Å²) in [5.41, 5.74) is 1.01. The molecule has 2 rings (SSSR count). The van der Waals surface area contributed by atoms with E-state index in [2.05, 4.69) is 5.10 Å². The Morgan fingerprint density at radius 2 is 1.93 bits per heavy atom. The van der Waals surface area contributed by atoms with Crippen LogP contribution >= 0.6 is 22.6 Å². The zero-order chi connectivity index (χ0) is 20.0. The van der Waals surface area contributed by atoms with Crippen LogP contribution in [0.1, 0.15) is 30.9 Å². The van der Waals surface area contributed by atoms with E-state index < -0.39 is 27.4 Å². The number of aryl methyl sites for hydroxylation is 1. The standard InChI is InChI=1S/C18H19F2IN2O3S/c1-3-4-9-26-18-15(19)10-13(17(21)16(18)20)11-22-23-27(24,25)14-7-5-12(2)6-8-14/h5-8,10-11,23H,3-4,9H2,1-2H3/b22-11+. The summed E-state index contributed by atoms with van der Waals surface area (Å²) in [4.78, 5) is 2.07. The lowest BCUT2D eigenvalue weighted by molar-refractivity contribution is 0.278. The highest BCUT2D eigenvalue weighted by Crippen LogP contribution is 2.28. The molecule has 0 fully saturated rings. The highest BCUT2D eigenvalue weighted by atomic mass is 127. The predicted octanol–water partition coefficient (Wildman–Crippen LogP) is 4.37. The third-order valence-electron chi connectivity index (χ3n) is 3.60. The fourth-order valence-electron chi connectivity index (χ4n) is 2.08. The highest BCUT2D eigenvalue weighted by molar-refractivity contribution is 14.1. The van der Waals surface area contributed by atoms with Crippen molar-refractivity contribution in [1.29, 1.82) is 0 Å². The molecule has 5 nitrogen and oxygen atoms in total. The van der Waals surface area contributed by atoms with Crippen molar-refractivity contribution in [2.75, 3.05) is 6.61 Å². The molecule has 1 N–H and O–H groups in total. The third kappa shape index (κ3) is 5.61. The normalized spacial score (nSPS) is 11.7. The number of unbranched alkanes of at least 4 members (excludes halogenated alkanes) is 1. The molecule has 2 aromatic rings. The maximum atomic E-state index is 14.3. The van der Waals surface area contributed by atoms with Gasteiger partial charge < -0.3 is 4.74 Å². The fourth-order valence-corrected chi connectivity index (χ4v) is 3.41. The molecule has 0 atom stereocenters. The number of nitrogens with one attached hydrogen (secondary N) is 1. The quantitative estimate of drug-likeness (QED) is 0.189. The average molecular weight is 508 g/mol. The van der Waals surface area contributed by atoms with Gasteiger partial charge in [-0.25, -0.2) is 13.6 Å². The number of hydrogen-bond acceptors (Lipinski definition) is 4. The molecule has 0 aromatic heterocycles. The molecule has 0 aliphatic heterocycles. The Morgan fingerprint density at radius 3 is 2.56 bits per heavy atom. The van der Waals surface area contributed by atoms with Crippen LogP contribution < -0.4 is 9.57 Å². The summed E-state index contributed by atoms with van der Waals surface area (Å²) in [7, 11) is -3.87. The van der Waals surface area contributed by atoms with E-state index in [9.17, 15) is 17.2 Å². The Kier molecular flexibility index (Phi) is 7.54. The van der Waals surface area contributed by atoms with E-state index >= 15 is 0 Å². The van der Waals surface area contributed by atoms with Crippen LogP contribution in [0, 0.1) is 22.1 Å². The lowest BCUT2D eigenvalue weighted by Gasteiger charge is -2.10. The SMILES string of the molecule is CCCCOc1c(F)cc(/C=N/NS(=O)(=O)c2ccc(C)cc2)c(I)c1F. The second-order valence-electron chi connectivity index (χ2n) is 5.77. The number of halogens is 3. The number of rotatable bonds is 8. The van der Waals surface area contributed by atoms with Crippen molar-refractivity contribution < 1.29 is 21.9 Å². The van der Waals surface area contributed by atoms with E-state index in [0.717, 1.165) is 24.3 Å². The Morgan fingerprint density at radius 1 is 1.26 bits per heavy atom. The van der Waals surface area contributed by atoms with Gasteiger partial charge in [0.25, 0.3) is 10.0 Å². The smallest absolute Gasteiger partial charge is 0.276 e. The number of ether oxygens (including phenoxy) is 1. The second-order valence-corrected chi connectivity index (χ2v) is 8.51. The van der Waals surface area contributed by atoms with Gasteiger partial charge in [-0.2, -0.15) is 13.5 Å². The minimum absolute atomic E-state index is 0.0389. The summed E-state index contributed by atoms with van der Waals surface area (Å²) in [6, 6.07) is 7.25. The third-order valence-corrected chi connectivity index (χ3v) is 5.93. The molecule has 0 heterocycles. The van der Waals surface area contributed by atoms with E-state index in [1.165, 1.54) is 12.1 Å². The van der Waals surface area contributed by atoms with Crippen LogP contribution in [0.4, 0.5) is 8.78 Å². The zero-order valence-corrected chi connectivity index (χ0v) is 17.8. The van der Waals surface area contributed by atoms with Crippen molar-refractivity contribution in [3.8, 4) is 5.75 Å². The summed E-state index contributed by atoms with van der Waals surface area (Å²) < 4.78 is 58.0. The predicted molar refractivity (Wildman–Crippen MR) is 109 cm³/mol. The molecule has 0 aliphatic rings. The van der Waals surface area contributed by atoms with Gasteiger partial charge in [0.15, 0.2) is 17.4 Å². The van der Waals surface area contributed by atoms with Gasteiger partial charge in [-0.15, -0.1) is 0 Å². The van der Waals surface area contributed by atoms with Gasteiger partial charge in [0.2, 0.25) is 0 Å². The Balaban J connectivity index is 2.18. The summed E-state index contributed by atoms with van der Waals surface area (Å²) in [6.07, 6.45) is 2.57. The van der Waals surface area contributed by atoms with Crippen LogP contribution in [0.3, 0.4) is 0 Å². The van der Waals surface area contributed by atoms with E-state index in [-0.39, 0.29) is 20.6 Å². The van der Waals surface area contributed by atoms with Gasteiger partial charge in [0.1, 0.15) is 0 Å². The van der Waals surface area contributed by atoms with Gasteiger partial charge in [-0.1, -0.05) is 31.0 Å². The molecular weight excluding hydrogens is 489 g/mol. The first-order chi connectivity index (χ1) is 12.8. The van der Waals surface area contributed by atoms with Crippen molar-refractivity contribution in [3.63, 3.8) is 0 Å². The Hall–Kier alpha value is -1.75.